The molecule has 0 aromatic rings. The lowest BCUT2D eigenvalue weighted by molar-refractivity contribution is 0.0721. The van der Waals surface area contributed by atoms with Crippen molar-refractivity contribution >= 4 is 6.09 Å². The zero-order chi connectivity index (χ0) is 11.5. The number of carbonyl (C=O) groups is 1. The number of rotatable bonds is 2. The number of hydrogen-bond donors (Lipinski definition) is 1. The molecule has 1 heterocycles. The summed E-state index contributed by atoms with van der Waals surface area (Å²) in [5.41, 5.74) is -0.00486. The monoisotopic (exact) mass is 214 g/mol. The van der Waals surface area contributed by atoms with E-state index in [4.69, 9.17) is 4.74 Å². The van der Waals surface area contributed by atoms with Crippen LogP contribution in [-0.2, 0) is 4.74 Å². The molecule has 0 aromatic carbocycles. The van der Waals surface area contributed by atoms with Gasteiger partial charge in [-0.1, -0.05) is 13.8 Å². The highest BCUT2D eigenvalue weighted by Gasteiger charge is 2.29. The lowest BCUT2D eigenvalue weighted by Gasteiger charge is -2.38. The molecule has 4 heteroatoms. The van der Waals surface area contributed by atoms with Gasteiger partial charge in [0.15, 0.2) is 0 Å². The first kappa shape index (κ1) is 12.3. The Morgan fingerprint density at radius 3 is 2.73 bits per heavy atom. The van der Waals surface area contributed by atoms with Gasteiger partial charge in [-0.3, -0.25) is 0 Å². The first-order chi connectivity index (χ1) is 6.91. The van der Waals surface area contributed by atoms with Gasteiger partial charge in [0, 0.05) is 25.2 Å². The molecule has 0 radical (unpaired) electrons. The van der Waals surface area contributed by atoms with Gasteiger partial charge in [0.25, 0.3) is 0 Å². The van der Waals surface area contributed by atoms with E-state index in [1.165, 1.54) is 0 Å². The smallest absolute Gasteiger partial charge is 0.409 e. The Kier molecular flexibility index (Phi) is 3.97. The maximum absolute atomic E-state index is 11.7. The zero-order valence-corrected chi connectivity index (χ0v) is 10.2. The fourth-order valence-corrected chi connectivity index (χ4v) is 1.63. The van der Waals surface area contributed by atoms with Crippen molar-refractivity contribution in [2.75, 3.05) is 26.2 Å². The fourth-order valence-electron chi connectivity index (χ4n) is 1.63. The van der Waals surface area contributed by atoms with Crippen molar-refractivity contribution < 1.29 is 9.53 Å². The highest BCUT2D eigenvalue weighted by Crippen LogP contribution is 2.11. The maximum Gasteiger partial charge on any atom is 0.409 e. The number of amides is 1. The molecular weight excluding hydrogens is 192 g/mol. The van der Waals surface area contributed by atoms with Crippen LogP contribution in [0.4, 0.5) is 4.79 Å². The molecule has 1 aliphatic heterocycles. The summed E-state index contributed by atoms with van der Waals surface area (Å²) in [5, 5.41) is 3.36. The summed E-state index contributed by atoms with van der Waals surface area (Å²) in [6, 6.07) is 0. The van der Waals surface area contributed by atoms with Gasteiger partial charge in [-0.15, -0.1) is 0 Å². The largest absolute Gasteiger partial charge is 0.449 e. The third-order valence-corrected chi connectivity index (χ3v) is 2.37. The molecule has 1 aliphatic rings. The van der Waals surface area contributed by atoms with E-state index in [-0.39, 0.29) is 11.6 Å². The van der Waals surface area contributed by atoms with Crippen molar-refractivity contribution in [2.24, 2.45) is 5.92 Å². The second-order valence-electron chi connectivity index (χ2n) is 5.20. The first-order valence-electron chi connectivity index (χ1n) is 5.57. The summed E-state index contributed by atoms with van der Waals surface area (Å²) in [5.74, 6) is 0.393. The van der Waals surface area contributed by atoms with Crippen molar-refractivity contribution in [1.82, 2.24) is 10.2 Å². The molecule has 88 valence electrons. The zero-order valence-electron chi connectivity index (χ0n) is 10.2. The molecule has 1 rings (SSSR count). The van der Waals surface area contributed by atoms with Crippen LogP contribution < -0.4 is 5.32 Å². The molecule has 1 N–H and O–H groups in total. The van der Waals surface area contributed by atoms with E-state index >= 15 is 0 Å². The van der Waals surface area contributed by atoms with E-state index < -0.39 is 0 Å². The molecule has 0 bridgehead atoms. The van der Waals surface area contributed by atoms with Gasteiger partial charge in [0.05, 0.1) is 6.61 Å². The molecular formula is C11H22N2O2. The number of hydrogen-bond acceptors (Lipinski definition) is 3. The lowest BCUT2D eigenvalue weighted by Crippen LogP contribution is -2.58. The van der Waals surface area contributed by atoms with Crippen molar-refractivity contribution in [3.8, 4) is 0 Å². The van der Waals surface area contributed by atoms with Crippen molar-refractivity contribution in [1.29, 1.82) is 0 Å². The van der Waals surface area contributed by atoms with Gasteiger partial charge < -0.3 is 15.0 Å². The Morgan fingerprint density at radius 2 is 2.20 bits per heavy atom. The van der Waals surface area contributed by atoms with Crippen LogP contribution in [0.3, 0.4) is 0 Å². The maximum atomic E-state index is 11.7. The lowest BCUT2D eigenvalue weighted by atomic mass is 10.0. The number of carbonyl (C=O) groups excluding carboxylic acids is 1. The van der Waals surface area contributed by atoms with Crippen LogP contribution in [-0.4, -0.2) is 42.8 Å². The van der Waals surface area contributed by atoms with E-state index in [0.29, 0.717) is 19.1 Å². The Hall–Kier alpha value is -0.770. The van der Waals surface area contributed by atoms with Crippen LogP contribution in [0.25, 0.3) is 0 Å². The van der Waals surface area contributed by atoms with E-state index in [2.05, 4.69) is 19.2 Å². The summed E-state index contributed by atoms with van der Waals surface area (Å²) in [7, 11) is 0. The molecule has 0 atom stereocenters. The molecule has 0 spiro atoms. The number of ether oxygens (including phenoxy) is 1. The molecule has 1 saturated heterocycles. The predicted octanol–water partition coefficient (Wildman–Crippen LogP) is 1.46. The highest BCUT2D eigenvalue weighted by atomic mass is 16.6. The number of piperazine rings is 1. The van der Waals surface area contributed by atoms with Crippen LogP contribution in [0.15, 0.2) is 0 Å². The third kappa shape index (κ3) is 4.08. The standard InChI is InChI=1S/C11H22N2O2/c1-9(2)7-15-10(14)13-6-5-12-11(3,4)8-13/h9,12H,5-8H2,1-4H3. The fraction of sp³-hybridized carbons (Fsp3) is 0.909. The normalized spacial score (nSPS) is 20.5. The van der Waals surface area contributed by atoms with E-state index in [9.17, 15) is 4.79 Å². The quantitative estimate of drug-likeness (QED) is 0.756. The molecule has 1 amide bonds. The van der Waals surface area contributed by atoms with E-state index in [0.717, 1.165) is 13.1 Å². The Labute approximate surface area is 92.0 Å². The average molecular weight is 214 g/mol. The van der Waals surface area contributed by atoms with Gasteiger partial charge >= 0.3 is 6.09 Å². The van der Waals surface area contributed by atoms with Crippen LogP contribution in [0.5, 0.6) is 0 Å². The highest BCUT2D eigenvalue weighted by molar-refractivity contribution is 5.67. The van der Waals surface area contributed by atoms with E-state index in [1.54, 1.807) is 4.90 Å². The van der Waals surface area contributed by atoms with Crippen molar-refractivity contribution in [3.05, 3.63) is 0 Å². The van der Waals surface area contributed by atoms with Crippen LogP contribution in [0.1, 0.15) is 27.7 Å². The van der Waals surface area contributed by atoms with Crippen LogP contribution in [0.2, 0.25) is 0 Å². The first-order valence-corrected chi connectivity index (χ1v) is 5.57. The summed E-state index contributed by atoms with van der Waals surface area (Å²) in [6.07, 6.45) is -0.182. The van der Waals surface area contributed by atoms with Gasteiger partial charge in [0.2, 0.25) is 0 Å². The van der Waals surface area contributed by atoms with Gasteiger partial charge in [-0.05, 0) is 19.8 Å². The Morgan fingerprint density at radius 1 is 1.53 bits per heavy atom. The van der Waals surface area contributed by atoms with Crippen LogP contribution in [0, 0.1) is 5.92 Å². The molecule has 0 unspecified atom stereocenters. The van der Waals surface area contributed by atoms with Gasteiger partial charge in [-0.2, -0.15) is 0 Å². The molecule has 0 saturated carbocycles. The summed E-state index contributed by atoms with van der Waals surface area (Å²) < 4.78 is 5.20. The Bertz CT molecular complexity index is 227. The summed E-state index contributed by atoms with van der Waals surface area (Å²) in [4.78, 5) is 13.4. The molecule has 4 nitrogen and oxygen atoms in total. The second kappa shape index (κ2) is 4.84. The third-order valence-electron chi connectivity index (χ3n) is 2.37. The van der Waals surface area contributed by atoms with Crippen molar-refractivity contribution in [3.63, 3.8) is 0 Å². The minimum absolute atomic E-state index is 0.00486. The van der Waals surface area contributed by atoms with E-state index in [1.807, 2.05) is 13.8 Å². The summed E-state index contributed by atoms with van der Waals surface area (Å²) >= 11 is 0. The molecule has 0 aliphatic carbocycles. The Balaban J connectivity index is 2.39. The minimum atomic E-state index is -0.182. The minimum Gasteiger partial charge on any atom is -0.449 e. The SMILES string of the molecule is CC(C)COC(=O)N1CCNC(C)(C)C1. The molecule has 15 heavy (non-hydrogen) atoms. The van der Waals surface area contributed by atoms with Crippen molar-refractivity contribution in [2.45, 2.75) is 33.2 Å². The molecule has 0 aromatic heterocycles. The number of nitrogens with one attached hydrogen (secondary N) is 1. The topological polar surface area (TPSA) is 41.6 Å². The number of nitrogens with zero attached hydrogens (tertiary/aromatic N) is 1. The van der Waals surface area contributed by atoms with Gasteiger partial charge in [0.1, 0.15) is 0 Å². The van der Waals surface area contributed by atoms with Gasteiger partial charge in [-0.25, -0.2) is 4.79 Å². The predicted molar refractivity (Wildman–Crippen MR) is 59.8 cm³/mol. The second-order valence-corrected chi connectivity index (χ2v) is 5.20. The molecule has 1 fully saturated rings. The van der Waals surface area contributed by atoms with Crippen LogP contribution >= 0.6 is 0 Å². The summed E-state index contributed by atoms with van der Waals surface area (Å²) in [6.45, 7) is 11.0. The average Bonchev–Trinajstić information content (AvgIpc) is 2.12.